The van der Waals surface area contributed by atoms with Crippen molar-refractivity contribution >= 4 is 17.5 Å². The molecule has 1 heterocycles. The summed E-state index contributed by atoms with van der Waals surface area (Å²) >= 11 is 0. The quantitative estimate of drug-likeness (QED) is 0.628. The highest BCUT2D eigenvalue weighted by molar-refractivity contribution is 6.22. The molecule has 4 heteroatoms. The van der Waals surface area contributed by atoms with Gasteiger partial charge in [0.15, 0.2) is 0 Å². The van der Waals surface area contributed by atoms with E-state index in [4.69, 9.17) is 5.11 Å². The SMILES string of the molecule is CC1CC2C(=O)N(c3cccc(C#CCO)c3)C(=O)C2C1. The van der Waals surface area contributed by atoms with Gasteiger partial charge >= 0.3 is 0 Å². The van der Waals surface area contributed by atoms with E-state index >= 15 is 0 Å². The number of aliphatic hydroxyl groups is 1. The maximum Gasteiger partial charge on any atom is 0.237 e. The molecule has 0 aromatic heterocycles. The molecule has 1 saturated carbocycles. The lowest BCUT2D eigenvalue weighted by Gasteiger charge is -2.17. The summed E-state index contributed by atoms with van der Waals surface area (Å²) in [5.41, 5.74) is 1.27. The maximum atomic E-state index is 12.5. The van der Waals surface area contributed by atoms with Crippen LogP contribution in [-0.2, 0) is 9.59 Å². The molecule has 0 radical (unpaired) electrons. The first-order valence-electron chi connectivity index (χ1n) is 7.19. The van der Waals surface area contributed by atoms with Crippen LogP contribution in [0.1, 0.15) is 25.3 Å². The number of fused-ring (bicyclic) bond motifs is 1. The van der Waals surface area contributed by atoms with Gasteiger partial charge < -0.3 is 5.11 Å². The van der Waals surface area contributed by atoms with Crippen LogP contribution in [0.25, 0.3) is 0 Å². The molecular weight excluding hydrogens is 266 g/mol. The Morgan fingerprint density at radius 3 is 2.52 bits per heavy atom. The van der Waals surface area contributed by atoms with Crippen LogP contribution < -0.4 is 4.90 Å². The van der Waals surface area contributed by atoms with Gasteiger partial charge in [0.05, 0.1) is 17.5 Å². The fourth-order valence-corrected chi connectivity index (χ4v) is 3.40. The monoisotopic (exact) mass is 283 g/mol. The van der Waals surface area contributed by atoms with Crippen LogP contribution >= 0.6 is 0 Å². The zero-order valence-electron chi connectivity index (χ0n) is 11.9. The molecule has 0 spiro atoms. The largest absolute Gasteiger partial charge is 0.384 e. The summed E-state index contributed by atoms with van der Waals surface area (Å²) in [5, 5.41) is 8.73. The molecule has 21 heavy (non-hydrogen) atoms. The van der Waals surface area contributed by atoms with E-state index in [9.17, 15) is 9.59 Å². The molecule has 2 atom stereocenters. The van der Waals surface area contributed by atoms with Gasteiger partial charge in [-0.3, -0.25) is 14.5 Å². The fourth-order valence-electron chi connectivity index (χ4n) is 3.40. The van der Waals surface area contributed by atoms with Crippen LogP contribution in [0.4, 0.5) is 5.69 Å². The minimum atomic E-state index is -0.214. The first-order chi connectivity index (χ1) is 10.1. The predicted molar refractivity (Wildman–Crippen MR) is 78.3 cm³/mol. The molecule has 2 unspecified atom stereocenters. The van der Waals surface area contributed by atoms with E-state index in [0.717, 1.165) is 12.8 Å². The average molecular weight is 283 g/mol. The number of nitrogens with zero attached hydrogens (tertiary/aromatic N) is 1. The molecule has 2 aliphatic rings. The van der Waals surface area contributed by atoms with Gasteiger partial charge in [-0.2, -0.15) is 0 Å². The number of anilines is 1. The third kappa shape index (κ3) is 2.34. The molecule has 3 rings (SSSR count). The molecule has 0 bridgehead atoms. The van der Waals surface area contributed by atoms with Crippen LogP contribution in [0.2, 0.25) is 0 Å². The van der Waals surface area contributed by atoms with Crippen LogP contribution in [0.5, 0.6) is 0 Å². The Bertz CT molecular complexity index is 631. The molecule has 4 nitrogen and oxygen atoms in total. The summed E-state index contributed by atoms with van der Waals surface area (Å²) in [6, 6.07) is 7.04. The predicted octanol–water partition coefficient (Wildman–Crippen LogP) is 1.57. The number of carbonyl (C=O) groups is 2. The standard InChI is InChI=1S/C17H17NO3/c1-11-8-14-15(9-11)17(21)18(16(14)20)13-6-2-4-12(10-13)5-3-7-19/h2,4,6,10-11,14-15,19H,7-9H2,1H3. The molecule has 1 aliphatic heterocycles. The first kappa shape index (κ1) is 13.8. The van der Waals surface area contributed by atoms with Crippen LogP contribution in [0.15, 0.2) is 24.3 Å². The van der Waals surface area contributed by atoms with E-state index in [1.165, 1.54) is 4.90 Å². The summed E-state index contributed by atoms with van der Waals surface area (Å²) in [6.45, 7) is 1.88. The second kappa shape index (κ2) is 5.34. The zero-order chi connectivity index (χ0) is 15.0. The highest BCUT2D eigenvalue weighted by Gasteiger charge is 2.52. The Hall–Kier alpha value is -2.12. The number of hydrogen-bond acceptors (Lipinski definition) is 3. The average Bonchev–Trinajstić information content (AvgIpc) is 2.96. The normalized spacial score (nSPS) is 27.5. The number of benzene rings is 1. The number of hydrogen-bond donors (Lipinski definition) is 1. The second-order valence-electron chi connectivity index (χ2n) is 5.81. The Morgan fingerprint density at radius 2 is 1.90 bits per heavy atom. The molecule has 1 aliphatic carbocycles. The molecule has 1 N–H and O–H groups in total. The fraction of sp³-hybridized carbons (Fsp3) is 0.412. The summed E-state index contributed by atoms with van der Waals surface area (Å²) in [5.74, 6) is 5.34. The van der Waals surface area contributed by atoms with Gasteiger partial charge in [-0.15, -0.1) is 0 Å². The van der Waals surface area contributed by atoms with Gasteiger partial charge in [0.2, 0.25) is 11.8 Å². The van der Waals surface area contributed by atoms with Crippen LogP contribution in [0.3, 0.4) is 0 Å². The van der Waals surface area contributed by atoms with Gasteiger partial charge in [0.25, 0.3) is 0 Å². The lowest BCUT2D eigenvalue weighted by molar-refractivity contribution is -0.123. The Balaban J connectivity index is 1.91. The highest BCUT2D eigenvalue weighted by Crippen LogP contribution is 2.44. The van der Waals surface area contributed by atoms with Crippen molar-refractivity contribution < 1.29 is 14.7 Å². The van der Waals surface area contributed by atoms with Crippen molar-refractivity contribution in [2.24, 2.45) is 17.8 Å². The van der Waals surface area contributed by atoms with Gasteiger partial charge in [-0.05, 0) is 37.0 Å². The zero-order valence-corrected chi connectivity index (χ0v) is 11.9. The highest BCUT2D eigenvalue weighted by atomic mass is 16.2. The van der Waals surface area contributed by atoms with Gasteiger partial charge in [-0.1, -0.05) is 24.8 Å². The van der Waals surface area contributed by atoms with Gasteiger partial charge in [0.1, 0.15) is 6.61 Å². The molecule has 1 aromatic rings. The molecule has 1 saturated heterocycles. The third-order valence-corrected chi connectivity index (χ3v) is 4.29. The number of imide groups is 1. The van der Waals surface area contributed by atoms with Gasteiger partial charge in [0, 0.05) is 5.56 Å². The summed E-state index contributed by atoms with van der Waals surface area (Å²) < 4.78 is 0. The lowest BCUT2D eigenvalue weighted by Crippen LogP contribution is -2.32. The van der Waals surface area contributed by atoms with Crippen molar-refractivity contribution in [1.29, 1.82) is 0 Å². The molecule has 2 amide bonds. The third-order valence-electron chi connectivity index (χ3n) is 4.29. The van der Waals surface area contributed by atoms with Crippen molar-refractivity contribution in [3.8, 4) is 11.8 Å². The summed E-state index contributed by atoms with van der Waals surface area (Å²) in [4.78, 5) is 26.3. The van der Waals surface area contributed by atoms with E-state index in [2.05, 4.69) is 18.8 Å². The van der Waals surface area contributed by atoms with Crippen molar-refractivity contribution in [2.75, 3.05) is 11.5 Å². The molecule has 108 valence electrons. The first-order valence-corrected chi connectivity index (χ1v) is 7.19. The van der Waals surface area contributed by atoms with Gasteiger partial charge in [-0.25, -0.2) is 0 Å². The minimum Gasteiger partial charge on any atom is -0.384 e. The number of rotatable bonds is 1. The number of aliphatic hydroxyl groups excluding tert-OH is 1. The molecule has 1 aromatic carbocycles. The van der Waals surface area contributed by atoms with E-state index in [0.29, 0.717) is 17.2 Å². The topological polar surface area (TPSA) is 57.6 Å². The minimum absolute atomic E-state index is 0.0818. The smallest absolute Gasteiger partial charge is 0.237 e. The van der Waals surface area contributed by atoms with E-state index in [1.54, 1.807) is 24.3 Å². The second-order valence-corrected chi connectivity index (χ2v) is 5.81. The number of amides is 2. The van der Waals surface area contributed by atoms with E-state index in [1.807, 2.05) is 0 Å². The Kier molecular flexibility index (Phi) is 3.52. The Morgan fingerprint density at radius 1 is 1.24 bits per heavy atom. The summed E-state index contributed by atoms with van der Waals surface area (Å²) in [6.07, 6.45) is 1.60. The maximum absolute atomic E-state index is 12.5. The van der Waals surface area contributed by atoms with Crippen molar-refractivity contribution in [3.63, 3.8) is 0 Å². The van der Waals surface area contributed by atoms with E-state index < -0.39 is 0 Å². The van der Waals surface area contributed by atoms with E-state index in [-0.39, 0.29) is 30.3 Å². The van der Waals surface area contributed by atoms with Crippen LogP contribution in [0, 0.1) is 29.6 Å². The van der Waals surface area contributed by atoms with Crippen molar-refractivity contribution in [1.82, 2.24) is 0 Å². The lowest BCUT2D eigenvalue weighted by atomic mass is 10.00. The Labute approximate surface area is 123 Å². The van der Waals surface area contributed by atoms with Crippen LogP contribution in [-0.4, -0.2) is 23.5 Å². The van der Waals surface area contributed by atoms with Crippen molar-refractivity contribution in [2.45, 2.75) is 19.8 Å². The number of carbonyl (C=O) groups excluding carboxylic acids is 2. The summed E-state index contributed by atoms with van der Waals surface area (Å²) in [7, 11) is 0. The molecule has 2 fully saturated rings. The molecular formula is C17H17NO3. The van der Waals surface area contributed by atoms with Crippen molar-refractivity contribution in [3.05, 3.63) is 29.8 Å².